The highest BCUT2D eigenvalue weighted by atomic mass is 32.1. The number of rotatable bonds is 4. The predicted molar refractivity (Wildman–Crippen MR) is 135 cm³/mol. The van der Waals surface area contributed by atoms with E-state index >= 15 is 0 Å². The van der Waals surface area contributed by atoms with E-state index in [1.807, 2.05) is 0 Å². The third kappa shape index (κ3) is 4.76. The Bertz CT molecular complexity index is 1010. The lowest BCUT2D eigenvalue weighted by Gasteiger charge is -2.39. The molecule has 0 saturated carbocycles. The number of likely N-dealkylation sites (N-methyl/N-ethyl adjacent to an activating group) is 1. The SMILES string of the molecule is CC(C)c1ccc(/C=C2\CN(C)CC3=C2NC(=S)NC3c2ccc(C(C)C)cc2)cc1. The number of thiocarbonyl (C=S) groups is 1. The summed E-state index contributed by atoms with van der Waals surface area (Å²) in [5.74, 6) is 1.08. The van der Waals surface area contributed by atoms with Crippen molar-refractivity contribution in [1.82, 2.24) is 15.5 Å². The standard InChI is InChI=1S/C27H33N3S/c1-17(2)20-8-6-19(7-9-20)14-23-15-30(5)16-24-25(28-27(31)29-26(23)24)22-12-10-21(11-13-22)18(3)4/h6-14,17-18,25H,15-16H2,1-5H3,(H2,28,29,31)/b23-14+. The summed E-state index contributed by atoms with van der Waals surface area (Å²) < 4.78 is 0. The number of benzene rings is 2. The normalized spacial score (nSPS) is 20.8. The van der Waals surface area contributed by atoms with Crippen molar-refractivity contribution in [3.63, 3.8) is 0 Å². The van der Waals surface area contributed by atoms with E-state index in [0.717, 1.165) is 13.1 Å². The maximum atomic E-state index is 5.61. The first-order valence-electron chi connectivity index (χ1n) is 11.2. The maximum absolute atomic E-state index is 5.61. The van der Waals surface area contributed by atoms with Gasteiger partial charge < -0.3 is 10.6 Å². The van der Waals surface area contributed by atoms with E-state index in [4.69, 9.17) is 12.2 Å². The molecule has 1 unspecified atom stereocenters. The Hall–Kier alpha value is -2.43. The molecule has 0 radical (unpaired) electrons. The van der Waals surface area contributed by atoms with E-state index in [0.29, 0.717) is 16.9 Å². The molecule has 1 atom stereocenters. The average molecular weight is 432 g/mol. The van der Waals surface area contributed by atoms with E-state index in [2.05, 4.69) is 105 Å². The van der Waals surface area contributed by atoms with Crippen LogP contribution in [0.2, 0.25) is 0 Å². The van der Waals surface area contributed by atoms with E-state index in [1.54, 1.807) is 0 Å². The molecule has 2 aromatic carbocycles. The monoisotopic (exact) mass is 431 g/mol. The summed E-state index contributed by atoms with van der Waals surface area (Å²) in [6.45, 7) is 10.7. The van der Waals surface area contributed by atoms with Crippen LogP contribution in [0.25, 0.3) is 6.08 Å². The minimum absolute atomic E-state index is 0.0967. The Morgan fingerprint density at radius 1 is 0.903 bits per heavy atom. The lowest BCUT2D eigenvalue weighted by atomic mass is 9.88. The van der Waals surface area contributed by atoms with E-state index in [1.165, 1.54) is 39.1 Å². The van der Waals surface area contributed by atoms with Crippen LogP contribution in [0, 0.1) is 0 Å². The van der Waals surface area contributed by atoms with Gasteiger partial charge in [0.2, 0.25) is 0 Å². The summed E-state index contributed by atoms with van der Waals surface area (Å²) in [5, 5.41) is 7.68. The van der Waals surface area contributed by atoms with Crippen molar-refractivity contribution in [3.8, 4) is 0 Å². The Labute approximate surface area is 192 Å². The third-order valence-electron chi connectivity index (χ3n) is 6.27. The fraction of sp³-hybridized carbons (Fsp3) is 0.370. The van der Waals surface area contributed by atoms with Crippen molar-refractivity contribution in [3.05, 3.63) is 87.6 Å². The van der Waals surface area contributed by atoms with Crippen LogP contribution in [0.1, 0.15) is 67.8 Å². The summed E-state index contributed by atoms with van der Waals surface area (Å²) in [7, 11) is 2.19. The average Bonchev–Trinajstić information content (AvgIpc) is 2.74. The van der Waals surface area contributed by atoms with Crippen LogP contribution in [0.5, 0.6) is 0 Å². The molecule has 0 amide bonds. The molecule has 4 heteroatoms. The first kappa shape index (κ1) is 21.8. The van der Waals surface area contributed by atoms with Gasteiger partial charge in [0.05, 0.1) is 6.04 Å². The first-order chi connectivity index (χ1) is 14.8. The first-order valence-corrected chi connectivity index (χ1v) is 11.6. The zero-order chi connectivity index (χ0) is 22.1. The molecule has 2 aromatic rings. The van der Waals surface area contributed by atoms with Gasteiger partial charge in [-0.05, 0) is 70.6 Å². The number of hydrogen-bond acceptors (Lipinski definition) is 2. The van der Waals surface area contributed by atoms with Crippen molar-refractivity contribution < 1.29 is 0 Å². The molecule has 0 aromatic heterocycles. The van der Waals surface area contributed by atoms with Gasteiger partial charge in [-0.1, -0.05) is 76.2 Å². The van der Waals surface area contributed by atoms with Crippen LogP contribution in [-0.2, 0) is 0 Å². The van der Waals surface area contributed by atoms with Gasteiger partial charge in [-0.2, -0.15) is 0 Å². The zero-order valence-corrected chi connectivity index (χ0v) is 20.0. The Balaban J connectivity index is 1.72. The molecule has 2 aliphatic heterocycles. The summed E-state index contributed by atoms with van der Waals surface area (Å²) in [6.07, 6.45) is 2.30. The molecule has 0 fully saturated rings. The summed E-state index contributed by atoms with van der Waals surface area (Å²) in [4.78, 5) is 2.38. The van der Waals surface area contributed by atoms with E-state index in [9.17, 15) is 0 Å². The quantitative estimate of drug-likeness (QED) is 0.604. The molecule has 4 rings (SSSR count). The van der Waals surface area contributed by atoms with Gasteiger partial charge in [0.25, 0.3) is 0 Å². The smallest absolute Gasteiger partial charge is 0.171 e. The zero-order valence-electron chi connectivity index (χ0n) is 19.2. The summed E-state index contributed by atoms with van der Waals surface area (Å²) >= 11 is 5.61. The summed E-state index contributed by atoms with van der Waals surface area (Å²) in [5.41, 5.74) is 9.04. The lowest BCUT2D eigenvalue weighted by Crippen LogP contribution is -2.49. The second kappa shape index (κ2) is 8.97. The third-order valence-corrected chi connectivity index (χ3v) is 6.49. The fourth-order valence-corrected chi connectivity index (χ4v) is 4.64. The van der Waals surface area contributed by atoms with Crippen molar-refractivity contribution in [2.45, 2.75) is 45.6 Å². The number of nitrogens with one attached hydrogen (secondary N) is 2. The van der Waals surface area contributed by atoms with Gasteiger partial charge in [-0.25, -0.2) is 0 Å². The van der Waals surface area contributed by atoms with Crippen LogP contribution in [-0.4, -0.2) is 30.1 Å². The van der Waals surface area contributed by atoms with Gasteiger partial charge in [-0.15, -0.1) is 0 Å². The molecule has 0 bridgehead atoms. The van der Waals surface area contributed by atoms with Crippen LogP contribution in [0.3, 0.4) is 0 Å². The van der Waals surface area contributed by atoms with Crippen molar-refractivity contribution in [2.24, 2.45) is 0 Å². The topological polar surface area (TPSA) is 27.3 Å². The van der Waals surface area contributed by atoms with Crippen molar-refractivity contribution in [2.75, 3.05) is 20.1 Å². The van der Waals surface area contributed by atoms with Gasteiger partial charge in [-0.3, -0.25) is 4.90 Å². The van der Waals surface area contributed by atoms with Gasteiger partial charge >= 0.3 is 0 Å². The predicted octanol–water partition coefficient (Wildman–Crippen LogP) is 5.74. The second-order valence-electron chi connectivity index (χ2n) is 9.42. The number of nitrogens with zero attached hydrogens (tertiary/aromatic N) is 1. The highest BCUT2D eigenvalue weighted by Crippen LogP contribution is 2.34. The van der Waals surface area contributed by atoms with Crippen molar-refractivity contribution >= 4 is 23.4 Å². The highest BCUT2D eigenvalue weighted by molar-refractivity contribution is 7.80. The maximum Gasteiger partial charge on any atom is 0.171 e. The molecule has 2 aliphatic rings. The van der Waals surface area contributed by atoms with Crippen molar-refractivity contribution in [1.29, 1.82) is 0 Å². The molecule has 31 heavy (non-hydrogen) atoms. The minimum Gasteiger partial charge on any atom is -0.352 e. The molecule has 3 nitrogen and oxygen atoms in total. The Morgan fingerprint density at radius 3 is 2.06 bits per heavy atom. The minimum atomic E-state index is 0.0967. The van der Waals surface area contributed by atoms with Crippen LogP contribution in [0.15, 0.2) is 65.4 Å². The van der Waals surface area contributed by atoms with Gasteiger partial charge in [0, 0.05) is 18.8 Å². The van der Waals surface area contributed by atoms with Gasteiger partial charge in [0.15, 0.2) is 5.11 Å². The molecule has 162 valence electrons. The lowest BCUT2D eigenvalue weighted by molar-refractivity contribution is 0.364. The molecule has 2 heterocycles. The highest BCUT2D eigenvalue weighted by Gasteiger charge is 2.32. The van der Waals surface area contributed by atoms with E-state index in [-0.39, 0.29) is 6.04 Å². The Kier molecular flexibility index (Phi) is 6.31. The molecular weight excluding hydrogens is 398 g/mol. The molecule has 2 N–H and O–H groups in total. The fourth-order valence-electron chi connectivity index (χ4n) is 4.42. The largest absolute Gasteiger partial charge is 0.352 e. The van der Waals surface area contributed by atoms with Crippen LogP contribution in [0.4, 0.5) is 0 Å². The van der Waals surface area contributed by atoms with Gasteiger partial charge in [0.1, 0.15) is 0 Å². The van der Waals surface area contributed by atoms with E-state index < -0.39 is 0 Å². The molecule has 0 saturated heterocycles. The van der Waals surface area contributed by atoms with Crippen LogP contribution >= 0.6 is 12.2 Å². The molecular formula is C27H33N3S. The summed E-state index contributed by atoms with van der Waals surface area (Å²) in [6, 6.07) is 18.0. The molecule has 0 aliphatic carbocycles. The number of hydrogen-bond donors (Lipinski definition) is 2. The second-order valence-corrected chi connectivity index (χ2v) is 9.82. The van der Waals surface area contributed by atoms with Crippen LogP contribution < -0.4 is 10.6 Å². The Morgan fingerprint density at radius 2 is 1.48 bits per heavy atom. The molecule has 0 spiro atoms.